The summed E-state index contributed by atoms with van der Waals surface area (Å²) in [5, 5.41) is 7.11. The van der Waals surface area contributed by atoms with Gasteiger partial charge in [0.15, 0.2) is 0 Å². The van der Waals surface area contributed by atoms with Gasteiger partial charge in [-0.3, -0.25) is 0 Å². The molecule has 2 nitrogen and oxygen atoms in total. The quantitative estimate of drug-likeness (QED) is 0.660. The maximum atomic E-state index is 3.72. The number of hydrogen-bond donors (Lipinski definition) is 2. The Labute approximate surface area is 75.1 Å². The van der Waals surface area contributed by atoms with Crippen molar-refractivity contribution in [3.8, 4) is 0 Å². The highest BCUT2D eigenvalue weighted by Crippen LogP contribution is 2.29. The van der Waals surface area contributed by atoms with E-state index in [9.17, 15) is 0 Å². The molecule has 2 fully saturated rings. The minimum atomic E-state index is 0.751. The maximum absolute atomic E-state index is 3.72. The molecular weight excluding hydrogens is 148 g/mol. The van der Waals surface area contributed by atoms with Crippen molar-refractivity contribution in [2.75, 3.05) is 13.1 Å². The number of rotatable bonds is 3. The van der Waals surface area contributed by atoms with Gasteiger partial charge in [0.2, 0.25) is 0 Å². The van der Waals surface area contributed by atoms with Gasteiger partial charge in [-0.2, -0.15) is 0 Å². The van der Waals surface area contributed by atoms with E-state index in [0.29, 0.717) is 0 Å². The van der Waals surface area contributed by atoms with Crippen LogP contribution in [0.2, 0.25) is 0 Å². The predicted octanol–water partition coefficient (Wildman–Crippen LogP) is 1.13. The summed E-state index contributed by atoms with van der Waals surface area (Å²) in [7, 11) is 0. The zero-order chi connectivity index (χ0) is 8.39. The molecule has 2 N–H and O–H groups in total. The Hall–Kier alpha value is -0.0800. The Balaban J connectivity index is 1.69. The standard InChI is InChI=1S/C10H20N2/c1-8(9-3-2-4-9)12-10-5-6-11-7-10/h8-12H,2-7H2,1H3. The lowest BCUT2D eigenvalue weighted by Gasteiger charge is -2.33. The molecule has 0 amide bonds. The fourth-order valence-corrected chi connectivity index (χ4v) is 2.24. The van der Waals surface area contributed by atoms with Crippen LogP contribution >= 0.6 is 0 Å². The van der Waals surface area contributed by atoms with Crippen LogP contribution in [0.15, 0.2) is 0 Å². The van der Waals surface area contributed by atoms with Gasteiger partial charge in [0.1, 0.15) is 0 Å². The van der Waals surface area contributed by atoms with Crippen molar-refractivity contribution < 1.29 is 0 Å². The Bertz CT molecular complexity index is 137. The monoisotopic (exact) mass is 168 g/mol. The summed E-state index contributed by atoms with van der Waals surface area (Å²) >= 11 is 0. The van der Waals surface area contributed by atoms with Crippen molar-refractivity contribution in [1.82, 2.24) is 10.6 Å². The van der Waals surface area contributed by atoms with Crippen molar-refractivity contribution in [2.45, 2.75) is 44.7 Å². The van der Waals surface area contributed by atoms with Crippen LogP contribution in [0.4, 0.5) is 0 Å². The summed E-state index contributed by atoms with van der Waals surface area (Å²) in [6.45, 7) is 4.73. The molecule has 12 heavy (non-hydrogen) atoms. The van der Waals surface area contributed by atoms with Gasteiger partial charge >= 0.3 is 0 Å². The van der Waals surface area contributed by atoms with Crippen LogP contribution in [0.5, 0.6) is 0 Å². The van der Waals surface area contributed by atoms with E-state index in [1.165, 1.54) is 38.8 Å². The Morgan fingerprint density at radius 1 is 1.33 bits per heavy atom. The van der Waals surface area contributed by atoms with Gasteiger partial charge < -0.3 is 10.6 Å². The van der Waals surface area contributed by atoms with Crippen molar-refractivity contribution in [2.24, 2.45) is 5.92 Å². The number of hydrogen-bond acceptors (Lipinski definition) is 2. The van der Waals surface area contributed by atoms with Crippen LogP contribution in [-0.2, 0) is 0 Å². The van der Waals surface area contributed by atoms with E-state index in [-0.39, 0.29) is 0 Å². The normalized spacial score (nSPS) is 33.2. The highest BCUT2D eigenvalue weighted by atomic mass is 15.0. The van der Waals surface area contributed by atoms with Crippen LogP contribution < -0.4 is 10.6 Å². The third-order valence-electron chi connectivity index (χ3n) is 3.42. The first-order valence-electron chi connectivity index (χ1n) is 5.33. The van der Waals surface area contributed by atoms with Crippen LogP contribution in [0.1, 0.15) is 32.6 Å². The fourth-order valence-electron chi connectivity index (χ4n) is 2.24. The first-order valence-corrected chi connectivity index (χ1v) is 5.33. The summed E-state index contributed by atoms with van der Waals surface area (Å²) in [6.07, 6.45) is 5.68. The molecule has 1 heterocycles. The zero-order valence-corrected chi connectivity index (χ0v) is 7.97. The van der Waals surface area contributed by atoms with E-state index < -0.39 is 0 Å². The largest absolute Gasteiger partial charge is 0.315 e. The molecule has 1 aliphatic heterocycles. The van der Waals surface area contributed by atoms with Crippen molar-refractivity contribution >= 4 is 0 Å². The van der Waals surface area contributed by atoms with Gasteiger partial charge in [0.05, 0.1) is 0 Å². The molecule has 1 saturated carbocycles. The van der Waals surface area contributed by atoms with E-state index in [1.54, 1.807) is 0 Å². The molecule has 2 atom stereocenters. The van der Waals surface area contributed by atoms with Crippen LogP contribution in [0, 0.1) is 5.92 Å². The molecule has 2 heteroatoms. The van der Waals surface area contributed by atoms with E-state index in [4.69, 9.17) is 0 Å². The van der Waals surface area contributed by atoms with E-state index in [0.717, 1.165) is 18.0 Å². The smallest absolute Gasteiger partial charge is 0.0207 e. The summed E-state index contributed by atoms with van der Waals surface area (Å²) in [6, 6.07) is 1.50. The average molecular weight is 168 g/mol. The van der Waals surface area contributed by atoms with Gasteiger partial charge in [-0.1, -0.05) is 6.42 Å². The first kappa shape index (κ1) is 8.52. The average Bonchev–Trinajstić information content (AvgIpc) is 2.34. The van der Waals surface area contributed by atoms with Crippen LogP contribution in [-0.4, -0.2) is 25.2 Å². The summed E-state index contributed by atoms with van der Waals surface area (Å²) in [4.78, 5) is 0. The lowest BCUT2D eigenvalue weighted by atomic mass is 9.80. The van der Waals surface area contributed by atoms with Crippen molar-refractivity contribution in [1.29, 1.82) is 0 Å². The third kappa shape index (κ3) is 1.80. The molecular formula is C10H20N2. The second-order valence-corrected chi connectivity index (χ2v) is 4.34. The molecule has 0 aromatic carbocycles. The minimum absolute atomic E-state index is 0.751. The fraction of sp³-hybridized carbons (Fsp3) is 1.00. The molecule has 0 radical (unpaired) electrons. The highest BCUT2D eigenvalue weighted by molar-refractivity contribution is 4.85. The highest BCUT2D eigenvalue weighted by Gasteiger charge is 2.26. The van der Waals surface area contributed by atoms with Gasteiger partial charge in [0, 0.05) is 18.6 Å². The minimum Gasteiger partial charge on any atom is -0.315 e. The molecule has 2 rings (SSSR count). The molecule has 70 valence electrons. The predicted molar refractivity (Wildman–Crippen MR) is 51.2 cm³/mol. The Morgan fingerprint density at radius 3 is 2.67 bits per heavy atom. The second-order valence-electron chi connectivity index (χ2n) is 4.34. The van der Waals surface area contributed by atoms with Crippen molar-refractivity contribution in [3.63, 3.8) is 0 Å². The molecule has 0 bridgehead atoms. The topological polar surface area (TPSA) is 24.1 Å². The lowest BCUT2D eigenvalue weighted by Crippen LogP contribution is -2.43. The third-order valence-corrected chi connectivity index (χ3v) is 3.42. The lowest BCUT2D eigenvalue weighted by molar-refractivity contribution is 0.229. The summed E-state index contributed by atoms with van der Waals surface area (Å²) in [5.41, 5.74) is 0. The Morgan fingerprint density at radius 2 is 2.17 bits per heavy atom. The number of nitrogens with one attached hydrogen (secondary N) is 2. The Kier molecular flexibility index (Phi) is 2.66. The van der Waals surface area contributed by atoms with E-state index in [2.05, 4.69) is 17.6 Å². The molecule has 2 unspecified atom stereocenters. The second kappa shape index (κ2) is 3.75. The molecule has 2 aliphatic rings. The summed E-state index contributed by atoms with van der Waals surface area (Å²) in [5.74, 6) is 0.977. The van der Waals surface area contributed by atoms with Crippen LogP contribution in [0.25, 0.3) is 0 Å². The van der Waals surface area contributed by atoms with Gasteiger partial charge in [-0.15, -0.1) is 0 Å². The molecule has 1 saturated heterocycles. The van der Waals surface area contributed by atoms with Crippen LogP contribution in [0.3, 0.4) is 0 Å². The van der Waals surface area contributed by atoms with E-state index in [1.807, 2.05) is 0 Å². The first-order chi connectivity index (χ1) is 5.86. The van der Waals surface area contributed by atoms with Gasteiger partial charge in [0.25, 0.3) is 0 Å². The van der Waals surface area contributed by atoms with Gasteiger partial charge in [-0.25, -0.2) is 0 Å². The SMILES string of the molecule is CC(NC1CCNC1)C1CCC1. The molecule has 0 aromatic heterocycles. The van der Waals surface area contributed by atoms with E-state index >= 15 is 0 Å². The molecule has 0 aromatic rings. The molecule has 1 aliphatic carbocycles. The summed E-state index contributed by atoms with van der Waals surface area (Å²) < 4.78 is 0. The molecule has 0 spiro atoms. The zero-order valence-electron chi connectivity index (χ0n) is 7.97. The van der Waals surface area contributed by atoms with Crippen molar-refractivity contribution in [3.05, 3.63) is 0 Å². The van der Waals surface area contributed by atoms with Gasteiger partial charge in [-0.05, 0) is 38.6 Å². The maximum Gasteiger partial charge on any atom is 0.0207 e.